The zero-order valence-corrected chi connectivity index (χ0v) is 18.7. The Morgan fingerprint density at radius 1 is 0.950 bits per heavy atom. The van der Waals surface area contributed by atoms with E-state index >= 15 is 0 Å². The van der Waals surface area contributed by atoms with Crippen LogP contribution in [0.5, 0.6) is 0 Å². The molecule has 1 aliphatic rings. The molecule has 1 fully saturated rings. The van der Waals surface area contributed by atoms with Crippen LogP contribution in [0.25, 0.3) is 0 Å². The van der Waals surface area contributed by atoms with Gasteiger partial charge in [-0.25, -0.2) is 0 Å². The molecule has 4 heteroatoms. The van der Waals surface area contributed by atoms with Crippen LogP contribution in [0.3, 0.4) is 0 Å². The van der Waals surface area contributed by atoms with E-state index < -0.39 is 26.9 Å². The van der Waals surface area contributed by atoms with Gasteiger partial charge in [0.1, 0.15) is 0 Å². The van der Waals surface area contributed by atoms with E-state index in [4.69, 9.17) is 7.81 Å². The Labute approximate surface area is 132 Å². The molecule has 20 heavy (non-hydrogen) atoms. The molecule has 0 aromatic rings. The van der Waals surface area contributed by atoms with E-state index in [0.717, 1.165) is 5.54 Å². The summed E-state index contributed by atoms with van der Waals surface area (Å²) >= 11 is -2.39. The number of hydrogen-bond acceptors (Lipinski definition) is 2. The standard InChI is InChI=1S/C10H21O2Si.3C2H5.Sn/c1-5-13(6-2,7-3)9-8-10(9,11)12-4;3*1-2;/h9H,5-8H2,1-4H3;3*1H2,2H3;/q-1;;;;+1. The van der Waals surface area contributed by atoms with Gasteiger partial charge in [-0.3, -0.25) is 0 Å². The molecule has 0 N–H and O–H groups in total. The summed E-state index contributed by atoms with van der Waals surface area (Å²) in [6, 6.07) is 4.14. The van der Waals surface area contributed by atoms with Crippen molar-refractivity contribution in [2.24, 2.45) is 0 Å². The molecule has 0 aliphatic heterocycles. The molecule has 120 valence electrons. The summed E-state index contributed by atoms with van der Waals surface area (Å²) in [7, 11) is 0.692. The van der Waals surface area contributed by atoms with Crippen LogP contribution < -0.4 is 0 Å². The molecular formula is C16H36O2SiSn. The average molecular weight is 407 g/mol. The van der Waals surface area contributed by atoms with Gasteiger partial charge in [0, 0.05) is 0 Å². The molecule has 0 amide bonds. The molecule has 0 aromatic carbocycles. The summed E-state index contributed by atoms with van der Waals surface area (Å²) in [5, 5.41) is 0. The Balaban J connectivity index is 2.93. The SMILES string of the molecule is CC[Si](CC)(CC)C1CC1(OC)[O][Sn]([CH2]C)([CH2]C)[CH2]C. The van der Waals surface area contributed by atoms with Crippen LogP contribution in [0, 0.1) is 0 Å². The fourth-order valence-electron chi connectivity index (χ4n) is 4.11. The van der Waals surface area contributed by atoms with Crippen molar-refractivity contribution >= 4 is 26.9 Å². The van der Waals surface area contributed by atoms with Crippen molar-refractivity contribution in [3.63, 3.8) is 0 Å². The molecule has 0 aromatic heterocycles. The molecule has 0 radical (unpaired) electrons. The van der Waals surface area contributed by atoms with E-state index in [9.17, 15) is 0 Å². The number of rotatable bonds is 10. The Morgan fingerprint density at radius 2 is 1.40 bits per heavy atom. The molecular weight excluding hydrogens is 371 g/mol. The van der Waals surface area contributed by atoms with Crippen LogP contribution in [-0.4, -0.2) is 39.8 Å². The van der Waals surface area contributed by atoms with Crippen molar-refractivity contribution in [1.82, 2.24) is 0 Å². The number of ether oxygens (including phenoxy) is 1. The van der Waals surface area contributed by atoms with Crippen molar-refractivity contribution in [2.75, 3.05) is 7.11 Å². The van der Waals surface area contributed by atoms with E-state index in [1.165, 1.54) is 37.9 Å². The van der Waals surface area contributed by atoms with Crippen molar-refractivity contribution < 1.29 is 7.81 Å². The Kier molecular flexibility index (Phi) is 7.09. The Hall–Kier alpha value is 0.936. The van der Waals surface area contributed by atoms with Gasteiger partial charge in [-0.15, -0.1) is 0 Å². The molecule has 0 bridgehead atoms. The molecule has 1 saturated carbocycles. The third kappa shape index (κ3) is 3.30. The van der Waals surface area contributed by atoms with Crippen LogP contribution >= 0.6 is 0 Å². The molecule has 1 aliphatic carbocycles. The maximum atomic E-state index is 6.88. The quantitative estimate of drug-likeness (QED) is 0.345. The van der Waals surface area contributed by atoms with Gasteiger partial charge in [-0.1, -0.05) is 0 Å². The monoisotopic (exact) mass is 408 g/mol. The zero-order chi connectivity index (χ0) is 15.4. The molecule has 2 unspecified atom stereocenters. The second kappa shape index (κ2) is 7.47. The Morgan fingerprint density at radius 3 is 1.70 bits per heavy atom. The van der Waals surface area contributed by atoms with Crippen molar-refractivity contribution in [2.45, 2.75) is 90.7 Å². The summed E-state index contributed by atoms with van der Waals surface area (Å²) < 4.78 is 16.7. The predicted octanol–water partition coefficient (Wildman–Crippen LogP) is 5.63. The van der Waals surface area contributed by atoms with Gasteiger partial charge in [-0.2, -0.15) is 0 Å². The van der Waals surface area contributed by atoms with Crippen LogP contribution in [0.4, 0.5) is 0 Å². The normalized spacial score (nSPS) is 26.9. The predicted molar refractivity (Wildman–Crippen MR) is 93.6 cm³/mol. The second-order valence-corrected chi connectivity index (χ2v) is 25.5. The molecule has 2 nitrogen and oxygen atoms in total. The first-order valence-electron chi connectivity index (χ1n) is 8.72. The van der Waals surface area contributed by atoms with E-state index in [1.807, 2.05) is 7.11 Å². The van der Waals surface area contributed by atoms with Gasteiger partial charge in [-0.05, 0) is 0 Å². The van der Waals surface area contributed by atoms with Crippen LogP contribution in [0.1, 0.15) is 48.0 Å². The van der Waals surface area contributed by atoms with Gasteiger partial charge in [0.25, 0.3) is 0 Å². The number of methoxy groups -OCH3 is 1. The maximum absolute atomic E-state index is 6.88. The van der Waals surface area contributed by atoms with Crippen molar-refractivity contribution in [3.8, 4) is 0 Å². The molecule has 0 spiro atoms. The van der Waals surface area contributed by atoms with Crippen LogP contribution in [-0.2, 0) is 7.81 Å². The van der Waals surface area contributed by atoms with E-state index in [0.29, 0.717) is 0 Å². The van der Waals surface area contributed by atoms with E-state index in [-0.39, 0.29) is 5.79 Å². The molecule has 0 heterocycles. The van der Waals surface area contributed by atoms with E-state index in [2.05, 4.69) is 41.5 Å². The van der Waals surface area contributed by atoms with Gasteiger partial charge >= 0.3 is 133 Å². The van der Waals surface area contributed by atoms with Crippen LogP contribution in [0.2, 0.25) is 37.0 Å². The summed E-state index contributed by atoms with van der Waals surface area (Å²) in [4.78, 5) is 0. The van der Waals surface area contributed by atoms with Crippen molar-refractivity contribution in [1.29, 1.82) is 0 Å². The van der Waals surface area contributed by atoms with Crippen molar-refractivity contribution in [3.05, 3.63) is 0 Å². The number of hydrogen-bond donors (Lipinski definition) is 0. The fourth-order valence-corrected chi connectivity index (χ4v) is 17.7. The van der Waals surface area contributed by atoms with Crippen LogP contribution in [0.15, 0.2) is 0 Å². The minimum absolute atomic E-state index is 0.160. The summed E-state index contributed by atoms with van der Waals surface area (Å²) in [6.07, 6.45) is 1.18. The summed E-state index contributed by atoms with van der Waals surface area (Å²) in [5.41, 5.74) is 0.751. The molecule has 2 atom stereocenters. The third-order valence-corrected chi connectivity index (χ3v) is 26.0. The Bertz CT molecular complexity index is 286. The summed E-state index contributed by atoms with van der Waals surface area (Å²) in [5.74, 6) is -0.160. The fraction of sp³-hybridized carbons (Fsp3) is 1.00. The first-order chi connectivity index (χ1) is 9.47. The van der Waals surface area contributed by atoms with Gasteiger partial charge in [0.2, 0.25) is 0 Å². The minimum atomic E-state index is -2.39. The zero-order valence-electron chi connectivity index (χ0n) is 14.8. The molecule has 0 saturated heterocycles. The van der Waals surface area contributed by atoms with Gasteiger partial charge < -0.3 is 0 Å². The van der Waals surface area contributed by atoms with Gasteiger partial charge in [0.15, 0.2) is 0 Å². The second-order valence-electron chi connectivity index (χ2n) is 6.54. The molecule has 1 rings (SSSR count). The first-order valence-corrected chi connectivity index (χ1v) is 18.6. The topological polar surface area (TPSA) is 18.5 Å². The van der Waals surface area contributed by atoms with E-state index in [1.54, 1.807) is 0 Å². The first kappa shape index (κ1) is 19.0. The third-order valence-electron chi connectivity index (χ3n) is 6.38. The average Bonchev–Trinajstić information content (AvgIpc) is 3.23. The summed E-state index contributed by atoms with van der Waals surface area (Å²) in [6.45, 7) is 14.2. The van der Waals surface area contributed by atoms with Gasteiger partial charge in [0.05, 0.1) is 0 Å².